The van der Waals surface area contributed by atoms with Gasteiger partial charge in [-0.2, -0.15) is 0 Å². The smallest absolute Gasteiger partial charge is 0.261 e. The average Bonchev–Trinajstić information content (AvgIpc) is 2.70. The van der Waals surface area contributed by atoms with Crippen molar-refractivity contribution in [3.05, 3.63) is 95.1 Å². The van der Waals surface area contributed by atoms with Crippen LogP contribution in [0.5, 0.6) is 0 Å². The molecule has 0 spiro atoms. The fourth-order valence-electron chi connectivity index (χ4n) is 2.93. The van der Waals surface area contributed by atoms with Crippen molar-refractivity contribution in [1.29, 1.82) is 0 Å². The second-order valence-corrected chi connectivity index (χ2v) is 8.72. The van der Waals surface area contributed by atoms with Crippen molar-refractivity contribution in [2.24, 2.45) is 0 Å². The molecule has 5 nitrogen and oxygen atoms in total. The van der Waals surface area contributed by atoms with Crippen LogP contribution in [-0.2, 0) is 10.0 Å². The standard InChI is InChI=1S/C23H24N2O3S/c1-16-12-13-19(14-17(16)2)18(3)24-23(26)20-8-7-9-21(15-20)25-29(27,28)22-10-5-4-6-11-22/h4-15,18,25H,1-3H3,(H,24,26). The van der Waals surface area contributed by atoms with Crippen LogP contribution < -0.4 is 10.0 Å². The number of anilines is 1. The highest BCUT2D eigenvalue weighted by Gasteiger charge is 2.16. The fraction of sp³-hybridized carbons (Fsp3) is 0.174. The minimum atomic E-state index is -3.71. The van der Waals surface area contributed by atoms with E-state index in [0.29, 0.717) is 11.3 Å². The van der Waals surface area contributed by atoms with E-state index in [1.165, 1.54) is 29.3 Å². The Morgan fingerprint density at radius 3 is 2.28 bits per heavy atom. The van der Waals surface area contributed by atoms with Gasteiger partial charge in [-0.05, 0) is 67.8 Å². The van der Waals surface area contributed by atoms with Crippen molar-refractivity contribution in [1.82, 2.24) is 5.32 Å². The molecule has 1 unspecified atom stereocenters. The SMILES string of the molecule is Cc1ccc(C(C)NC(=O)c2cccc(NS(=O)(=O)c3ccccc3)c2)cc1C. The van der Waals surface area contributed by atoms with E-state index in [4.69, 9.17) is 0 Å². The number of hydrogen-bond acceptors (Lipinski definition) is 3. The molecule has 0 radical (unpaired) electrons. The Morgan fingerprint density at radius 2 is 1.59 bits per heavy atom. The van der Waals surface area contributed by atoms with Gasteiger partial charge in [0.15, 0.2) is 0 Å². The van der Waals surface area contributed by atoms with E-state index in [2.05, 4.69) is 16.1 Å². The van der Waals surface area contributed by atoms with Gasteiger partial charge in [0.05, 0.1) is 10.9 Å². The summed E-state index contributed by atoms with van der Waals surface area (Å²) >= 11 is 0. The molecule has 2 N–H and O–H groups in total. The summed E-state index contributed by atoms with van der Waals surface area (Å²) < 4.78 is 27.5. The van der Waals surface area contributed by atoms with Gasteiger partial charge in [-0.3, -0.25) is 9.52 Å². The minimum absolute atomic E-state index is 0.165. The van der Waals surface area contributed by atoms with Crippen LogP contribution in [0, 0.1) is 13.8 Å². The van der Waals surface area contributed by atoms with Crippen molar-refractivity contribution < 1.29 is 13.2 Å². The molecule has 150 valence electrons. The predicted octanol–water partition coefficient (Wildman–Crippen LogP) is 4.60. The molecule has 1 atom stereocenters. The molecular formula is C23H24N2O3S. The normalized spacial score (nSPS) is 12.2. The summed E-state index contributed by atoms with van der Waals surface area (Å²) in [4.78, 5) is 12.8. The Hall–Kier alpha value is -3.12. The van der Waals surface area contributed by atoms with Gasteiger partial charge in [-0.1, -0.05) is 42.5 Å². The molecule has 0 saturated carbocycles. The van der Waals surface area contributed by atoms with Gasteiger partial charge in [-0.15, -0.1) is 0 Å². The molecule has 0 bridgehead atoms. The lowest BCUT2D eigenvalue weighted by Gasteiger charge is -2.16. The van der Waals surface area contributed by atoms with Gasteiger partial charge >= 0.3 is 0 Å². The van der Waals surface area contributed by atoms with Gasteiger partial charge in [0.2, 0.25) is 0 Å². The largest absolute Gasteiger partial charge is 0.346 e. The second-order valence-electron chi connectivity index (χ2n) is 7.04. The average molecular weight is 409 g/mol. The molecule has 3 rings (SSSR count). The third kappa shape index (κ3) is 5.03. The quantitative estimate of drug-likeness (QED) is 0.626. The van der Waals surface area contributed by atoms with Crippen molar-refractivity contribution >= 4 is 21.6 Å². The van der Waals surface area contributed by atoms with Crippen molar-refractivity contribution in [2.45, 2.75) is 31.7 Å². The van der Waals surface area contributed by atoms with E-state index in [0.717, 1.165) is 5.56 Å². The third-order valence-corrected chi connectivity index (χ3v) is 6.21. The van der Waals surface area contributed by atoms with Gasteiger partial charge in [0, 0.05) is 11.3 Å². The van der Waals surface area contributed by atoms with E-state index in [9.17, 15) is 13.2 Å². The molecular weight excluding hydrogens is 384 g/mol. The lowest BCUT2D eigenvalue weighted by Crippen LogP contribution is -2.26. The lowest BCUT2D eigenvalue weighted by atomic mass is 10.0. The van der Waals surface area contributed by atoms with Crippen molar-refractivity contribution in [3.63, 3.8) is 0 Å². The number of nitrogens with one attached hydrogen (secondary N) is 2. The van der Waals surface area contributed by atoms with E-state index < -0.39 is 10.0 Å². The molecule has 0 aromatic heterocycles. The number of hydrogen-bond donors (Lipinski definition) is 2. The summed E-state index contributed by atoms with van der Waals surface area (Å²) in [5.74, 6) is -0.267. The molecule has 29 heavy (non-hydrogen) atoms. The monoisotopic (exact) mass is 408 g/mol. The molecule has 0 aliphatic rings. The highest BCUT2D eigenvalue weighted by Crippen LogP contribution is 2.20. The predicted molar refractivity (Wildman–Crippen MR) is 115 cm³/mol. The van der Waals surface area contributed by atoms with E-state index in [1.807, 2.05) is 32.9 Å². The molecule has 3 aromatic rings. The summed E-state index contributed by atoms with van der Waals surface area (Å²) in [5, 5.41) is 2.96. The zero-order chi connectivity index (χ0) is 21.0. The first-order chi connectivity index (χ1) is 13.8. The molecule has 3 aromatic carbocycles. The maximum atomic E-state index is 12.7. The maximum absolute atomic E-state index is 12.7. The Balaban J connectivity index is 1.75. The Morgan fingerprint density at radius 1 is 0.862 bits per heavy atom. The summed E-state index contributed by atoms with van der Waals surface area (Å²) in [6.45, 7) is 6.00. The van der Waals surface area contributed by atoms with Crippen LogP contribution in [0.2, 0.25) is 0 Å². The highest BCUT2D eigenvalue weighted by molar-refractivity contribution is 7.92. The third-order valence-electron chi connectivity index (χ3n) is 4.81. The molecule has 0 saturated heterocycles. The van der Waals surface area contributed by atoms with Crippen LogP contribution in [0.1, 0.15) is 40.0 Å². The summed E-state index contributed by atoms with van der Waals surface area (Å²) in [5.41, 5.74) is 4.10. The molecule has 0 aliphatic carbocycles. The number of benzene rings is 3. The van der Waals surface area contributed by atoms with Gasteiger partial charge < -0.3 is 5.32 Å². The molecule has 0 fully saturated rings. The fourth-order valence-corrected chi connectivity index (χ4v) is 4.01. The Labute approximate surface area is 171 Å². The topological polar surface area (TPSA) is 75.3 Å². The van der Waals surface area contributed by atoms with Crippen LogP contribution in [-0.4, -0.2) is 14.3 Å². The summed E-state index contributed by atoms with van der Waals surface area (Å²) in [7, 11) is -3.71. The van der Waals surface area contributed by atoms with Crippen LogP contribution >= 0.6 is 0 Å². The van der Waals surface area contributed by atoms with E-state index in [1.54, 1.807) is 36.4 Å². The number of amides is 1. The van der Waals surface area contributed by atoms with Gasteiger partial charge in [0.25, 0.3) is 15.9 Å². The first kappa shape index (κ1) is 20.6. The highest BCUT2D eigenvalue weighted by atomic mass is 32.2. The number of carbonyl (C=O) groups is 1. The van der Waals surface area contributed by atoms with Crippen LogP contribution in [0.25, 0.3) is 0 Å². The number of rotatable bonds is 6. The molecule has 1 amide bonds. The first-order valence-corrected chi connectivity index (χ1v) is 10.8. The second kappa shape index (κ2) is 8.49. The Kier molecular flexibility index (Phi) is 6.03. The first-order valence-electron chi connectivity index (χ1n) is 9.32. The number of carbonyl (C=O) groups excluding carboxylic acids is 1. The van der Waals surface area contributed by atoms with E-state index >= 15 is 0 Å². The molecule has 6 heteroatoms. The van der Waals surface area contributed by atoms with Gasteiger partial charge in [-0.25, -0.2) is 8.42 Å². The van der Waals surface area contributed by atoms with Crippen molar-refractivity contribution in [2.75, 3.05) is 4.72 Å². The zero-order valence-corrected chi connectivity index (χ0v) is 17.5. The summed E-state index contributed by atoms with van der Waals surface area (Å²) in [6.07, 6.45) is 0. The lowest BCUT2D eigenvalue weighted by molar-refractivity contribution is 0.0940. The zero-order valence-electron chi connectivity index (χ0n) is 16.6. The Bertz CT molecular complexity index is 1130. The maximum Gasteiger partial charge on any atom is 0.261 e. The van der Waals surface area contributed by atoms with Crippen molar-refractivity contribution in [3.8, 4) is 0 Å². The van der Waals surface area contributed by atoms with Gasteiger partial charge in [0.1, 0.15) is 0 Å². The number of aryl methyl sites for hydroxylation is 2. The summed E-state index contributed by atoms with van der Waals surface area (Å²) in [6, 6.07) is 20.5. The van der Waals surface area contributed by atoms with Crippen LogP contribution in [0.3, 0.4) is 0 Å². The molecule has 0 heterocycles. The van der Waals surface area contributed by atoms with Crippen LogP contribution in [0.15, 0.2) is 77.7 Å². The van der Waals surface area contributed by atoms with Crippen LogP contribution in [0.4, 0.5) is 5.69 Å². The van der Waals surface area contributed by atoms with E-state index in [-0.39, 0.29) is 16.8 Å². The minimum Gasteiger partial charge on any atom is -0.346 e. The molecule has 0 aliphatic heterocycles. The number of sulfonamides is 1.